The normalized spacial score (nSPS) is 16.7. The predicted octanol–water partition coefficient (Wildman–Crippen LogP) is 1.09. The largest absolute Gasteiger partial charge is 0.506 e. The quantitative estimate of drug-likeness (QED) is 0.209. The van der Waals surface area contributed by atoms with E-state index in [0.717, 1.165) is 0 Å². The van der Waals surface area contributed by atoms with Gasteiger partial charge in [0.2, 0.25) is 5.85 Å². The van der Waals surface area contributed by atoms with E-state index in [-0.39, 0.29) is 0 Å². The highest BCUT2D eigenvalue weighted by Crippen LogP contribution is 2.44. The Labute approximate surface area is 148 Å². The van der Waals surface area contributed by atoms with Crippen molar-refractivity contribution in [1.82, 2.24) is 5.32 Å². The van der Waals surface area contributed by atoms with E-state index < -0.39 is 44.6 Å². The van der Waals surface area contributed by atoms with Gasteiger partial charge in [-0.1, -0.05) is 12.8 Å². The summed E-state index contributed by atoms with van der Waals surface area (Å²) in [6.45, 7) is 1.34. The van der Waals surface area contributed by atoms with Crippen LogP contribution in [0.5, 0.6) is 0 Å². The molecule has 0 aromatic heterocycles. The van der Waals surface area contributed by atoms with E-state index in [0.29, 0.717) is 0 Å². The van der Waals surface area contributed by atoms with Crippen LogP contribution in [0.15, 0.2) is 0 Å². The summed E-state index contributed by atoms with van der Waals surface area (Å²) >= 11 is 0. The lowest BCUT2D eigenvalue weighted by Gasteiger charge is -2.24. The molecule has 1 rings (SSSR count). The molecule has 26 heavy (non-hydrogen) atoms. The Balaban J connectivity index is 0.000000735. The summed E-state index contributed by atoms with van der Waals surface area (Å²) < 4.78 is 22.6. The highest BCUT2D eigenvalue weighted by molar-refractivity contribution is 7.52. The number of hydrogen-bond acceptors (Lipinski definition) is 8. The van der Waals surface area contributed by atoms with Gasteiger partial charge in [-0.15, -0.1) is 0 Å². The Morgan fingerprint density at radius 2 is 1.38 bits per heavy atom. The maximum Gasteiger partial charge on any atom is 0.506 e. The lowest BCUT2D eigenvalue weighted by molar-refractivity contribution is -0.0466. The van der Waals surface area contributed by atoms with Crippen LogP contribution in [-0.4, -0.2) is 75.2 Å². The molecule has 0 amide bonds. The molecule has 0 radical (unpaired) electrons. The number of nitrogens with one attached hydrogen (secondary N) is 1. The second kappa shape index (κ2) is 12.3. The molecule has 1 fully saturated rings. The first-order valence-corrected chi connectivity index (χ1v) is 9.13. The number of hydrogen-bond donors (Lipinski definition) is 6. The van der Waals surface area contributed by atoms with Crippen LogP contribution in [0, 0.1) is 0 Å². The summed E-state index contributed by atoms with van der Waals surface area (Å²) in [6.07, 6.45) is -2.56. The summed E-state index contributed by atoms with van der Waals surface area (Å²) in [5.74, 6) is -2.56. The van der Waals surface area contributed by atoms with Gasteiger partial charge in [-0.25, -0.2) is 14.4 Å². The van der Waals surface area contributed by atoms with Gasteiger partial charge in [0.15, 0.2) is 6.10 Å². The topological polar surface area (TPSA) is 209 Å². The van der Waals surface area contributed by atoms with Crippen molar-refractivity contribution < 1.29 is 58.3 Å². The number of carbonyl (C=O) groups is 3. The molecule has 2 atom stereocenters. The smallest absolute Gasteiger partial charge is 0.450 e. The molecule has 2 unspecified atom stereocenters. The lowest BCUT2D eigenvalue weighted by atomic mass is 10.2. The molecule has 0 aliphatic carbocycles. The molecule has 0 saturated carbocycles. The van der Waals surface area contributed by atoms with E-state index in [2.05, 4.69) is 19.5 Å². The van der Waals surface area contributed by atoms with E-state index in [4.69, 9.17) is 25.1 Å². The van der Waals surface area contributed by atoms with Gasteiger partial charge in [0, 0.05) is 0 Å². The maximum absolute atomic E-state index is 11.0. The molecule has 6 N–H and O–H groups in total. The molecule has 13 nitrogen and oxygen atoms in total. The van der Waals surface area contributed by atoms with Gasteiger partial charge in [-0.3, -0.25) is 4.57 Å². The van der Waals surface area contributed by atoms with E-state index >= 15 is 0 Å². The molecule has 1 heterocycles. The fourth-order valence-corrected chi connectivity index (χ4v) is 2.71. The zero-order chi connectivity index (χ0) is 20.2. The first kappa shape index (κ1) is 23.9. The first-order chi connectivity index (χ1) is 12.0. The van der Waals surface area contributed by atoms with E-state index in [9.17, 15) is 18.9 Å². The lowest BCUT2D eigenvalue weighted by Crippen LogP contribution is -2.38. The fraction of sp³-hybridized carbons (Fsp3) is 0.750. The van der Waals surface area contributed by atoms with Gasteiger partial charge in [-0.2, -0.15) is 0 Å². The van der Waals surface area contributed by atoms with Crippen LogP contribution < -0.4 is 5.32 Å². The minimum atomic E-state index is -5.27. The van der Waals surface area contributed by atoms with Crippen LogP contribution >= 0.6 is 7.60 Å². The molecule has 0 bridgehead atoms. The van der Waals surface area contributed by atoms with Crippen molar-refractivity contribution in [2.45, 2.75) is 37.6 Å². The highest BCUT2D eigenvalue weighted by Gasteiger charge is 2.43. The minimum Gasteiger partial charge on any atom is -0.450 e. The Bertz CT molecular complexity index is 487. The van der Waals surface area contributed by atoms with E-state index in [1.165, 1.54) is 38.8 Å². The van der Waals surface area contributed by atoms with Crippen molar-refractivity contribution in [3.63, 3.8) is 0 Å². The average Bonchev–Trinajstić information content (AvgIpc) is 2.80. The zero-order valence-electron chi connectivity index (χ0n) is 13.6. The zero-order valence-corrected chi connectivity index (χ0v) is 14.5. The highest BCUT2D eigenvalue weighted by atomic mass is 31.2. The summed E-state index contributed by atoms with van der Waals surface area (Å²) in [7, 11) is -5.27. The van der Waals surface area contributed by atoms with Crippen molar-refractivity contribution in [1.29, 1.82) is 0 Å². The van der Waals surface area contributed by atoms with E-state index in [1.54, 1.807) is 0 Å². The maximum atomic E-state index is 11.0. The SMILES string of the molecule is C1CCCNCC1.O=C(O)OCC(OC(=O)O)C(OC(=O)O)P(=O)(O)O. The van der Waals surface area contributed by atoms with Gasteiger partial charge in [0.05, 0.1) is 0 Å². The van der Waals surface area contributed by atoms with Crippen LogP contribution in [0.1, 0.15) is 25.7 Å². The van der Waals surface area contributed by atoms with Gasteiger partial charge in [-0.05, 0) is 25.9 Å². The monoisotopic (exact) mass is 403 g/mol. The average molecular weight is 403 g/mol. The van der Waals surface area contributed by atoms with Crippen LogP contribution in [0.2, 0.25) is 0 Å². The molecular weight excluding hydrogens is 381 g/mol. The summed E-state index contributed by atoms with van der Waals surface area (Å²) in [4.78, 5) is 48.3. The second-order valence-corrected chi connectivity index (χ2v) is 6.71. The van der Waals surface area contributed by atoms with Crippen LogP contribution in [-0.2, 0) is 18.8 Å². The number of ether oxygens (including phenoxy) is 3. The van der Waals surface area contributed by atoms with Crippen LogP contribution in [0.4, 0.5) is 14.4 Å². The summed E-state index contributed by atoms with van der Waals surface area (Å²) in [5, 5.41) is 28.1. The Morgan fingerprint density at radius 1 is 0.885 bits per heavy atom. The molecule has 0 aromatic carbocycles. The van der Waals surface area contributed by atoms with Gasteiger partial charge >= 0.3 is 26.1 Å². The fourth-order valence-electron chi connectivity index (χ4n) is 1.90. The molecule has 1 aliphatic heterocycles. The van der Waals surface area contributed by atoms with Crippen molar-refractivity contribution in [3.8, 4) is 0 Å². The molecule has 0 aromatic rings. The summed E-state index contributed by atoms with van der Waals surface area (Å²) in [6, 6.07) is 0. The van der Waals surface area contributed by atoms with Gasteiger partial charge in [0.25, 0.3) is 0 Å². The predicted molar refractivity (Wildman–Crippen MR) is 83.2 cm³/mol. The molecule has 1 aliphatic rings. The third kappa shape index (κ3) is 12.3. The Morgan fingerprint density at radius 3 is 1.77 bits per heavy atom. The molecular formula is C12H22NO12P. The van der Waals surface area contributed by atoms with Crippen molar-refractivity contribution in [3.05, 3.63) is 0 Å². The van der Waals surface area contributed by atoms with Gasteiger partial charge < -0.3 is 44.6 Å². The second-order valence-electron chi connectivity index (χ2n) is 5.03. The molecule has 152 valence electrons. The van der Waals surface area contributed by atoms with E-state index in [1.807, 2.05) is 0 Å². The van der Waals surface area contributed by atoms with Crippen molar-refractivity contribution in [2.24, 2.45) is 0 Å². The molecule has 0 spiro atoms. The van der Waals surface area contributed by atoms with Gasteiger partial charge in [0.1, 0.15) is 6.61 Å². The minimum absolute atomic E-state index is 1.16. The third-order valence-corrected chi connectivity index (χ3v) is 4.05. The number of rotatable bonds is 6. The summed E-state index contributed by atoms with van der Waals surface area (Å²) in [5.41, 5.74) is 0. The number of carboxylic acid groups (broad SMARTS) is 3. The Kier molecular flexibility index (Phi) is 11.3. The first-order valence-electron chi connectivity index (χ1n) is 7.45. The molecule has 14 heteroatoms. The van der Waals surface area contributed by atoms with Crippen molar-refractivity contribution >= 4 is 26.1 Å². The van der Waals surface area contributed by atoms with Crippen LogP contribution in [0.3, 0.4) is 0 Å². The van der Waals surface area contributed by atoms with Crippen LogP contribution in [0.25, 0.3) is 0 Å². The molecule has 1 saturated heterocycles. The standard InChI is InChI=1S/C6H13N.C6H9O12P/c1-2-4-6-7-5-3-1;7-4(8)16-1-2(17-5(9)10)3(18-6(11)12)19(13,14)15/h7H,1-6H2;2-3H,1H2,(H,7,8)(H,9,10)(H,11,12)(H2,13,14,15). The third-order valence-electron chi connectivity index (χ3n) is 2.95. The van der Waals surface area contributed by atoms with Crippen molar-refractivity contribution in [2.75, 3.05) is 19.7 Å². The Hall–Kier alpha value is -2.08.